The largest absolute Gasteiger partial charge is 0.493 e. The number of hydrogen-bond donors (Lipinski definition) is 0. The summed E-state index contributed by atoms with van der Waals surface area (Å²) in [5, 5.41) is 0.578. The lowest BCUT2D eigenvalue weighted by atomic mass is 10.1. The van der Waals surface area contributed by atoms with Crippen LogP contribution in [0.5, 0.6) is 5.75 Å². The maximum absolute atomic E-state index is 12.8. The Hall–Kier alpha value is -2.63. The molecule has 5 nitrogen and oxygen atoms in total. The van der Waals surface area contributed by atoms with Crippen molar-refractivity contribution < 1.29 is 9.15 Å². The highest BCUT2D eigenvalue weighted by Crippen LogP contribution is 2.23. The quantitative estimate of drug-likeness (QED) is 0.571. The van der Waals surface area contributed by atoms with Crippen LogP contribution in [-0.2, 0) is 0 Å². The second kappa shape index (κ2) is 9.25. The van der Waals surface area contributed by atoms with Gasteiger partial charge in [-0.3, -0.25) is 4.79 Å². The third kappa shape index (κ3) is 4.86. The molecule has 0 spiro atoms. The highest BCUT2D eigenvalue weighted by molar-refractivity contribution is 5.82. The van der Waals surface area contributed by atoms with E-state index in [-0.39, 0.29) is 5.43 Å². The molecule has 1 fully saturated rings. The molecule has 1 aromatic heterocycles. The molecule has 0 bridgehead atoms. The zero-order valence-electron chi connectivity index (χ0n) is 17.0. The molecule has 0 saturated carbocycles. The van der Waals surface area contributed by atoms with Gasteiger partial charge >= 0.3 is 0 Å². The Morgan fingerprint density at radius 3 is 2.59 bits per heavy atom. The first-order chi connectivity index (χ1) is 14.2. The number of nitrogens with zero attached hydrogens (tertiary/aromatic N) is 2. The van der Waals surface area contributed by atoms with Gasteiger partial charge in [0.25, 0.3) is 0 Å². The summed E-state index contributed by atoms with van der Waals surface area (Å²) in [7, 11) is 2.18. The first-order valence-electron chi connectivity index (χ1n) is 10.4. The van der Waals surface area contributed by atoms with E-state index in [1.807, 2.05) is 42.5 Å². The molecule has 0 amide bonds. The molecule has 0 radical (unpaired) electrons. The van der Waals surface area contributed by atoms with Gasteiger partial charge in [-0.05, 0) is 44.1 Å². The fourth-order valence-corrected chi connectivity index (χ4v) is 3.71. The maximum atomic E-state index is 12.8. The van der Waals surface area contributed by atoms with Crippen molar-refractivity contribution >= 4 is 11.0 Å². The Balaban J connectivity index is 1.33. The molecule has 2 aromatic carbocycles. The summed E-state index contributed by atoms with van der Waals surface area (Å²) >= 11 is 0. The molecule has 2 heterocycles. The fourth-order valence-electron chi connectivity index (χ4n) is 3.71. The number of fused-ring (bicyclic) bond motifs is 1. The van der Waals surface area contributed by atoms with Gasteiger partial charge in [-0.1, -0.05) is 30.3 Å². The van der Waals surface area contributed by atoms with Gasteiger partial charge < -0.3 is 19.0 Å². The summed E-state index contributed by atoms with van der Waals surface area (Å²) in [6.45, 7) is 6.44. The SMILES string of the molecule is CN1CCN(CCCCOc2ccc3c(=O)c(-c4ccccc4)coc3c2)CC1. The van der Waals surface area contributed by atoms with Crippen LogP contribution in [0.3, 0.4) is 0 Å². The molecule has 152 valence electrons. The molecule has 29 heavy (non-hydrogen) atoms. The smallest absolute Gasteiger partial charge is 0.200 e. The predicted molar refractivity (Wildman–Crippen MR) is 117 cm³/mol. The summed E-state index contributed by atoms with van der Waals surface area (Å²) in [6.07, 6.45) is 3.69. The number of likely N-dealkylation sites (N-methyl/N-ethyl adjacent to an activating group) is 1. The Morgan fingerprint density at radius 2 is 1.79 bits per heavy atom. The summed E-state index contributed by atoms with van der Waals surface area (Å²) in [5.74, 6) is 0.743. The first kappa shape index (κ1) is 19.7. The van der Waals surface area contributed by atoms with Gasteiger partial charge in [-0.2, -0.15) is 0 Å². The van der Waals surface area contributed by atoms with Crippen molar-refractivity contribution in [2.24, 2.45) is 0 Å². The molecule has 4 rings (SSSR count). The number of piperazine rings is 1. The molecular weight excluding hydrogens is 364 g/mol. The monoisotopic (exact) mass is 392 g/mol. The van der Waals surface area contributed by atoms with Gasteiger partial charge in [0.15, 0.2) is 5.43 Å². The number of rotatable bonds is 7. The van der Waals surface area contributed by atoms with Crippen LogP contribution in [0.4, 0.5) is 0 Å². The van der Waals surface area contributed by atoms with Crippen LogP contribution in [0.2, 0.25) is 0 Å². The van der Waals surface area contributed by atoms with Gasteiger partial charge in [-0.25, -0.2) is 0 Å². The lowest BCUT2D eigenvalue weighted by Gasteiger charge is -2.32. The van der Waals surface area contributed by atoms with Crippen molar-refractivity contribution in [3.63, 3.8) is 0 Å². The van der Waals surface area contributed by atoms with Gasteiger partial charge in [0.05, 0.1) is 17.6 Å². The van der Waals surface area contributed by atoms with E-state index in [1.165, 1.54) is 0 Å². The van der Waals surface area contributed by atoms with E-state index in [0.717, 1.165) is 56.9 Å². The minimum atomic E-state index is -0.0174. The van der Waals surface area contributed by atoms with E-state index in [4.69, 9.17) is 9.15 Å². The maximum Gasteiger partial charge on any atom is 0.200 e. The highest BCUT2D eigenvalue weighted by atomic mass is 16.5. The number of benzene rings is 2. The van der Waals surface area contributed by atoms with E-state index in [9.17, 15) is 4.79 Å². The van der Waals surface area contributed by atoms with Gasteiger partial charge in [0.1, 0.15) is 17.6 Å². The molecule has 3 aromatic rings. The summed E-state index contributed by atoms with van der Waals surface area (Å²) < 4.78 is 11.6. The average Bonchev–Trinajstić information content (AvgIpc) is 2.76. The van der Waals surface area contributed by atoms with Crippen LogP contribution >= 0.6 is 0 Å². The highest BCUT2D eigenvalue weighted by Gasteiger charge is 2.13. The normalized spacial score (nSPS) is 15.6. The Labute approximate surface area is 171 Å². The molecule has 0 unspecified atom stereocenters. The van der Waals surface area contributed by atoms with Crippen LogP contribution in [-0.4, -0.2) is 56.2 Å². The zero-order valence-corrected chi connectivity index (χ0v) is 17.0. The summed E-state index contributed by atoms with van der Waals surface area (Å²) in [6, 6.07) is 15.1. The first-order valence-corrected chi connectivity index (χ1v) is 10.4. The second-order valence-electron chi connectivity index (χ2n) is 7.70. The molecular formula is C24H28N2O3. The van der Waals surface area contributed by atoms with Gasteiger partial charge in [-0.15, -0.1) is 0 Å². The Kier molecular flexibility index (Phi) is 6.27. The average molecular weight is 392 g/mol. The zero-order chi connectivity index (χ0) is 20.1. The van der Waals surface area contributed by atoms with Gasteiger partial charge in [0.2, 0.25) is 0 Å². The van der Waals surface area contributed by atoms with E-state index >= 15 is 0 Å². The molecule has 0 N–H and O–H groups in total. The van der Waals surface area contributed by atoms with Crippen LogP contribution in [0.25, 0.3) is 22.1 Å². The summed E-state index contributed by atoms with van der Waals surface area (Å²) in [5.41, 5.74) is 1.99. The predicted octanol–water partition coefficient (Wildman–Crippen LogP) is 3.87. The van der Waals surface area contributed by atoms with Crippen molar-refractivity contribution in [2.75, 3.05) is 46.4 Å². The van der Waals surface area contributed by atoms with Crippen LogP contribution in [0.15, 0.2) is 64.0 Å². The molecule has 0 aliphatic carbocycles. The van der Waals surface area contributed by atoms with Crippen molar-refractivity contribution in [3.05, 3.63) is 65.0 Å². The van der Waals surface area contributed by atoms with E-state index < -0.39 is 0 Å². The van der Waals surface area contributed by atoms with Gasteiger partial charge in [0, 0.05) is 32.2 Å². The van der Waals surface area contributed by atoms with E-state index in [2.05, 4.69) is 16.8 Å². The minimum absolute atomic E-state index is 0.0174. The molecule has 0 atom stereocenters. The molecule has 5 heteroatoms. The second-order valence-corrected chi connectivity index (χ2v) is 7.70. The summed E-state index contributed by atoms with van der Waals surface area (Å²) in [4.78, 5) is 17.7. The minimum Gasteiger partial charge on any atom is -0.493 e. The fraction of sp³-hybridized carbons (Fsp3) is 0.375. The topological polar surface area (TPSA) is 45.9 Å². The molecule has 1 aliphatic rings. The lowest BCUT2D eigenvalue weighted by molar-refractivity contribution is 0.150. The number of ether oxygens (including phenoxy) is 1. The van der Waals surface area contributed by atoms with E-state index in [0.29, 0.717) is 23.1 Å². The number of hydrogen-bond acceptors (Lipinski definition) is 5. The Morgan fingerprint density at radius 1 is 1.00 bits per heavy atom. The number of unbranched alkanes of at least 4 members (excludes halogenated alkanes) is 1. The van der Waals surface area contributed by atoms with Crippen molar-refractivity contribution in [1.82, 2.24) is 9.80 Å². The van der Waals surface area contributed by atoms with Crippen LogP contribution in [0.1, 0.15) is 12.8 Å². The van der Waals surface area contributed by atoms with Crippen LogP contribution in [0, 0.1) is 0 Å². The molecule has 1 aliphatic heterocycles. The van der Waals surface area contributed by atoms with Crippen LogP contribution < -0.4 is 10.2 Å². The van der Waals surface area contributed by atoms with Crippen molar-refractivity contribution in [2.45, 2.75) is 12.8 Å². The standard InChI is InChI=1S/C24H28N2O3/c1-25-12-14-26(15-13-25)11-5-6-16-28-20-9-10-21-23(17-20)29-18-22(24(21)27)19-7-3-2-4-8-19/h2-4,7-10,17-18H,5-6,11-16H2,1H3. The third-order valence-electron chi connectivity index (χ3n) is 5.56. The van der Waals surface area contributed by atoms with E-state index in [1.54, 1.807) is 12.3 Å². The molecule has 1 saturated heterocycles. The van der Waals surface area contributed by atoms with Crippen molar-refractivity contribution in [1.29, 1.82) is 0 Å². The Bertz CT molecular complexity index is 992. The lowest BCUT2D eigenvalue weighted by Crippen LogP contribution is -2.44. The van der Waals surface area contributed by atoms with Crippen molar-refractivity contribution in [3.8, 4) is 16.9 Å². The third-order valence-corrected chi connectivity index (χ3v) is 5.56.